The number of amides is 3. The first kappa shape index (κ1) is 23.2. The lowest BCUT2D eigenvalue weighted by Crippen LogP contribution is -2.50. The normalized spacial score (nSPS) is 24.1. The number of anilines is 1. The molecule has 4 N–H and O–H groups in total. The van der Waals surface area contributed by atoms with Gasteiger partial charge in [-0.2, -0.15) is 4.55 Å². The summed E-state index contributed by atoms with van der Waals surface area (Å²) >= 11 is 5.77. The molecule has 9 nitrogen and oxygen atoms in total. The molecule has 0 saturated carbocycles. The number of halogens is 2. The number of aliphatic imine (C=N–C) groups is 1. The number of nitrogens with two attached hydrogens (primary N) is 1. The monoisotopic (exact) mass is 472 g/mol. The summed E-state index contributed by atoms with van der Waals surface area (Å²) < 4.78 is 35.1. The van der Waals surface area contributed by atoms with Crippen LogP contribution in [0.3, 0.4) is 0 Å². The van der Waals surface area contributed by atoms with Crippen molar-refractivity contribution < 1.29 is 22.7 Å². The highest BCUT2D eigenvalue weighted by Crippen LogP contribution is 2.26. The molecule has 1 saturated heterocycles. The minimum atomic E-state index is -3.15. The van der Waals surface area contributed by atoms with Crippen LogP contribution >= 0.6 is 11.6 Å². The molecule has 2 aliphatic heterocycles. The number of rotatable bonds is 4. The Bertz CT molecular complexity index is 1010. The van der Waals surface area contributed by atoms with Crippen molar-refractivity contribution in [2.45, 2.75) is 24.6 Å². The number of carbonyl (C=O) groups is 2. The van der Waals surface area contributed by atoms with E-state index in [0.29, 0.717) is 17.1 Å². The zero-order valence-corrected chi connectivity index (χ0v) is 18.6. The number of carbonyl (C=O) groups excluding carboxylic acids is 2. The van der Waals surface area contributed by atoms with Crippen LogP contribution < -0.4 is 11.1 Å². The highest BCUT2D eigenvalue weighted by atomic mass is 35.5. The van der Waals surface area contributed by atoms with Crippen LogP contribution in [0, 0.1) is 5.82 Å². The molecule has 3 unspecified atom stereocenters. The molecule has 3 amide bonds. The number of benzene rings is 1. The van der Waals surface area contributed by atoms with Crippen LogP contribution in [-0.2, 0) is 19.2 Å². The Kier molecular flexibility index (Phi) is 6.68. The largest absolute Gasteiger partial charge is 0.403 e. The van der Waals surface area contributed by atoms with Crippen LogP contribution in [0.2, 0.25) is 5.02 Å². The fourth-order valence-electron chi connectivity index (χ4n) is 3.45. The van der Waals surface area contributed by atoms with E-state index in [2.05, 4.69) is 10.3 Å². The van der Waals surface area contributed by atoms with Gasteiger partial charge in [0.15, 0.2) is 5.25 Å². The Morgan fingerprint density at radius 3 is 2.77 bits per heavy atom. The first-order chi connectivity index (χ1) is 14.5. The number of likely N-dealkylation sites (tertiary alicyclic amines) is 1. The molecule has 3 atom stereocenters. The van der Waals surface area contributed by atoms with Gasteiger partial charge >= 0.3 is 6.03 Å². The van der Waals surface area contributed by atoms with Gasteiger partial charge in [0.05, 0.1) is 48.5 Å². The molecule has 168 valence electrons. The second-order valence-electron chi connectivity index (χ2n) is 7.57. The lowest BCUT2D eigenvalue weighted by atomic mass is 10.1. The summed E-state index contributed by atoms with van der Waals surface area (Å²) in [5, 5.41) is 1.85. The predicted octanol–water partition coefficient (Wildman–Crippen LogP) is 2.16. The summed E-state index contributed by atoms with van der Waals surface area (Å²) in [6.07, 6.45) is 2.36. The molecule has 1 aromatic rings. The predicted molar refractivity (Wildman–Crippen MR) is 118 cm³/mol. The van der Waals surface area contributed by atoms with Crippen LogP contribution in [0.25, 0.3) is 0 Å². The molecule has 3 rings (SSSR count). The number of hydrogen-bond donors (Lipinski definition) is 3. The van der Waals surface area contributed by atoms with Crippen molar-refractivity contribution in [2.24, 2.45) is 10.7 Å². The number of urea groups is 1. The Morgan fingerprint density at radius 1 is 1.48 bits per heavy atom. The average Bonchev–Trinajstić information content (AvgIpc) is 3.08. The highest BCUT2D eigenvalue weighted by molar-refractivity contribution is 7.97. The van der Waals surface area contributed by atoms with E-state index >= 15 is 0 Å². The lowest BCUT2D eigenvalue weighted by Gasteiger charge is -2.34. The van der Waals surface area contributed by atoms with Crippen LogP contribution in [0.15, 0.2) is 35.1 Å². The van der Waals surface area contributed by atoms with E-state index in [-0.39, 0.29) is 43.0 Å². The molecule has 31 heavy (non-hydrogen) atoms. The third-order valence-electron chi connectivity index (χ3n) is 5.28. The molecule has 2 aliphatic rings. The number of nitrogens with zero attached hydrogens (tertiary/aromatic N) is 3. The lowest BCUT2D eigenvalue weighted by molar-refractivity contribution is -0.125. The van der Waals surface area contributed by atoms with Crippen molar-refractivity contribution in [3.63, 3.8) is 0 Å². The van der Waals surface area contributed by atoms with E-state index in [4.69, 9.17) is 17.3 Å². The molecule has 1 aromatic carbocycles. The van der Waals surface area contributed by atoms with Gasteiger partial charge in [-0.25, -0.2) is 9.18 Å². The Morgan fingerprint density at radius 2 is 2.19 bits per heavy atom. The molecular formula is C19H24ClFN5O4S+. The fraction of sp³-hybridized carbons (Fsp3) is 0.421. The van der Waals surface area contributed by atoms with E-state index in [1.165, 1.54) is 34.4 Å². The van der Waals surface area contributed by atoms with E-state index in [9.17, 15) is 22.7 Å². The van der Waals surface area contributed by atoms with Crippen LogP contribution in [0.4, 0.5) is 14.9 Å². The summed E-state index contributed by atoms with van der Waals surface area (Å²) in [5.74, 6) is -0.922. The maximum absolute atomic E-state index is 13.4. The number of hydrogen-bond acceptors (Lipinski definition) is 5. The zero-order chi connectivity index (χ0) is 22.9. The molecule has 0 aromatic heterocycles. The van der Waals surface area contributed by atoms with Crippen molar-refractivity contribution >= 4 is 45.2 Å². The first-order valence-corrected chi connectivity index (χ1v) is 11.9. The molecule has 12 heteroatoms. The van der Waals surface area contributed by atoms with Gasteiger partial charge in [-0.05, 0) is 25.1 Å². The van der Waals surface area contributed by atoms with Crippen LogP contribution in [-0.4, -0.2) is 69.2 Å². The van der Waals surface area contributed by atoms with Crippen molar-refractivity contribution in [1.29, 1.82) is 0 Å². The quantitative estimate of drug-likeness (QED) is 0.578. The smallest absolute Gasteiger partial charge is 0.322 e. The summed E-state index contributed by atoms with van der Waals surface area (Å²) in [4.78, 5) is 32.6. The highest BCUT2D eigenvalue weighted by Gasteiger charge is 2.45. The van der Waals surface area contributed by atoms with Crippen molar-refractivity contribution in [2.75, 3.05) is 31.2 Å². The maximum atomic E-state index is 13.4. The minimum absolute atomic E-state index is 0.0442. The van der Waals surface area contributed by atoms with E-state index in [1.54, 1.807) is 0 Å². The molecule has 1 fully saturated rings. The van der Waals surface area contributed by atoms with Gasteiger partial charge in [0, 0.05) is 11.9 Å². The van der Waals surface area contributed by atoms with Gasteiger partial charge in [-0.1, -0.05) is 15.8 Å². The standard InChI is InChI=1S/C19H23ClFN5O4S/c1-11-8-23-16(17(7-22)26-9-13(6-18(26)27)31(2,29)30)10-25(11)19(28)24-12-3-4-15(21)14(20)5-12/h3-5,7,11,13H,6,8-10H2,1-2H3,(H3-,22,23,24,28,29,30)/p+1. The van der Waals surface area contributed by atoms with E-state index < -0.39 is 27.3 Å². The van der Waals surface area contributed by atoms with Crippen LogP contribution in [0.5, 0.6) is 0 Å². The minimum Gasteiger partial charge on any atom is -0.403 e. The molecule has 0 bridgehead atoms. The van der Waals surface area contributed by atoms with Gasteiger partial charge in [-0.15, -0.1) is 0 Å². The van der Waals surface area contributed by atoms with E-state index in [0.717, 1.165) is 6.07 Å². The van der Waals surface area contributed by atoms with Crippen molar-refractivity contribution in [3.8, 4) is 0 Å². The fourth-order valence-corrected chi connectivity index (χ4v) is 4.51. The van der Waals surface area contributed by atoms with Crippen LogP contribution in [0.1, 0.15) is 13.3 Å². The van der Waals surface area contributed by atoms with Gasteiger partial charge in [-0.3, -0.25) is 9.79 Å². The summed E-state index contributed by atoms with van der Waals surface area (Å²) in [6.45, 7) is 2.21. The maximum Gasteiger partial charge on any atom is 0.322 e. The Labute approximate surface area is 185 Å². The molecular weight excluding hydrogens is 449 g/mol. The Hall–Kier alpha value is -2.50. The third-order valence-corrected chi connectivity index (χ3v) is 7.13. The summed E-state index contributed by atoms with van der Waals surface area (Å²) in [7, 11) is -3.15. The van der Waals surface area contributed by atoms with Gasteiger partial charge in [0.2, 0.25) is 16.1 Å². The zero-order valence-electron chi connectivity index (χ0n) is 17.0. The summed E-state index contributed by atoms with van der Waals surface area (Å²) in [5.41, 5.74) is 6.83. The molecule has 2 heterocycles. The SMILES string of the molecule is CC1CN=C(C(=CN)N2CC([S+](C)(=O)O)CC2=O)CN1C(=O)Nc1ccc(F)c(Cl)c1. The number of nitrogens with one attached hydrogen (secondary N) is 1. The third kappa shape index (κ3) is 5.05. The van der Waals surface area contributed by atoms with Gasteiger partial charge < -0.3 is 20.9 Å². The topological polar surface area (TPSA) is 128 Å². The van der Waals surface area contributed by atoms with Gasteiger partial charge in [0.1, 0.15) is 12.1 Å². The van der Waals surface area contributed by atoms with Crippen molar-refractivity contribution in [1.82, 2.24) is 9.80 Å². The van der Waals surface area contributed by atoms with Gasteiger partial charge in [0.25, 0.3) is 0 Å². The molecule has 0 radical (unpaired) electrons. The summed E-state index contributed by atoms with van der Waals surface area (Å²) in [6, 6.07) is 3.17. The second-order valence-corrected chi connectivity index (χ2v) is 10.4. The molecule has 0 spiro atoms. The molecule has 0 aliphatic carbocycles. The van der Waals surface area contributed by atoms with E-state index in [1.807, 2.05) is 6.92 Å². The first-order valence-electron chi connectivity index (χ1n) is 9.50. The van der Waals surface area contributed by atoms with Crippen molar-refractivity contribution in [3.05, 3.63) is 40.9 Å². The second kappa shape index (κ2) is 8.93. The average molecular weight is 473 g/mol. The Balaban J connectivity index is 1.75.